The van der Waals surface area contributed by atoms with Crippen molar-refractivity contribution < 1.29 is 14.7 Å². The van der Waals surface area contributed by atoms with Crippen molar-refractivity contribution >= 4 is 68.0 Å². The Balaban J connectivity index is 2.25. The number of amides is 1. The molecule has 0 radical (unpaired) electrons. The van der Waals surface area contributed by atoms with Crippen molar-refractivity contribution in [2.45, 2.75) is 0 Å². The topological polar surface area (TPSA) is 79.3 Å². The van der Waals surface area contributed by atoms with Crippen LogP contribution in [0.3, 0.4) is 0 Å². The number of carboxylic acids is 1. The predicted molar refractivity (Wildman–Crippen MR) is 81.2 cm³/mol. The highest BCUT2D eigenvalue weighted by Gasteiger charge is 2.17. The molecule has 0 aliphatic heterocycles. The van der Waals surface area contributed by atoms with E-state index in [-0.39, 0.29) is 26.4 Å². The van der Waals surface area contributed by atoms with Gasteiger partial charge in [-0.15, -0.1) is 11.3 Å². The zero-order chi connectivity index (χ0) is 14.9. The van der Waals surface area contributed by atoms with E-state index in [2.05, 4.69) is 26.2 Å². The molecule has 1 aromatic heterocycles. The largest absolute Gasteiger partial charge is 0.476 e. The van der Waals surface area contributed by atoms with Crippen molar-refractivity contribution in [1.29, 1.82) is 0 Å². The zero-order valence-electron chi connectivity index (χ0n) is 9.49. The maximum absolute atomic E-state index is 12.0. The number of carbonyl (C=O) groups excluding carboxylic acids is 1. The van der Waals surface area contributed by atoms with Crippen LogP contribution in [0.1, 0.15) is 20.3 Å². The number of halogens is 3. The van der Waals surface area contributed by atoms with Crippen molar-refractivity contribution in [1.82, 2.24) is 4.98 Å². The molecule has 0 bridgehead atoms. The summed E-state index contributed by atoms with van der Waals surface area (Å²) in [6.45, 7) is 0. The Morgan fingerprint density at radius 3 is 2.40 bits per heavy atom. The van der Waals surface area contributed by atoms with Crippen LogP contribution in [-0.2, 0) is 0 Å². The molecule has 0 saturated carbocycles. The Labute approximate surface area is 135 Å². The third-order valence-corrected chi connectivity index (χ3v) is 4.06. The van der Waals surface area contributed by atoms with E-state index < -0.39 is 11.9 Å². The number of thiazole rings is 1. The fourth-order valence-corrected chi connectivity index (χ4v) is 3.29. The third-order valence-electron chi connectivity index (χ3n) is 2.16. The van der Waals surface area contributed by atoms with Gasteiger partial charge in [0.1, 0.15) is 0 Å². The molecule has 0 aliphatic rings. The Morgan fingerprint density at radius 1 is 1.30 bits per heavy atom. The van der Waals surface area contributed by atoms with E-state index in [1.807, 2.05) is 0 Å². The van der Waals surface area contributed by atoms with Crippen molar-refractivity contribution in [3.05, 3.63) is 42.7 Å². The third kappa shape index (κ3) is 3.29. The van der Waals surface area contributed by atoms with E-state index in [1.165, 1.54) is 5.38 Å². The van der Waals surface area contributed by atoms with Crippen molar-refractivity contribution in [2.75, 3.05) is 5.32 Å². The standard InChI is InChI=1S/C11H5BrCl2N2O3S/c12-4-1-5(13)8(6(14)2-4)16-9(17)10-15-7(3-20-10)11(18)19/h1-3H,(H,16,17)(H,18,19). The monoisotopic (exact) mass is 394 g/mol. The molecule has 1 amide bonds. The number of carbonyl (C=O) groups is 2. The van der Waals surface area contributed by atoms with Crippen LogP contribution in [0.4, 0.5) is 5.69 Å². The van der Waals surface area contributed by atoms with Gasteiger partial charge in [-0.25, -0.2) is 9.78 Å². The average Bonchev–Trinajstić information content (AvgIpc) is 2.83. The number of nitrogens with one attached hydrogen (secondary N) is 1. The number of nitrogens with zero attached hydrogens (tertiary/aromatic N) is 1. The van der Waals surface area contributed by atoms with Crippen molar-refractivity contribution in [3.8, 4) is 0 Å². The van der Waals surface area contributed by atoms with E-state index in [9.17, 15) is 9.59 Å². The van der Waals surface area contributed by atoms with E-state index in [0.717, 1.165) is 11.3 Å². The van der Waals surface area contributed by atoms with Gasteiger partial charge in [0.2, 0.25) is 0 Å². The van der Waals surface area contributed by atoms with Gasteiger partial charge in [0.25, 0.3) is 5.91 Å². The molecule has 2 aromatic rings. The molecule has 0 aliphatic carbocycles. The Morgan fingerprint density at radius 2 is 1.90 bits per heavy atom. The molecular weight excluding hydrogens is 391 g/mol. The van der Waals surface area contributed by atoms with Gasteiger partial charge in [-0.05, 0) is 12.1 Å². The van der Waals surface area contributed by atoms with Crippen LogP contribution in [0.15, 0.2) is 22.0 Å². The molecular formula is C11H5BrCl2N2O3S. The molecule has 104 valence electrons. The molecule has 0 unspecified atom stereocenters. The smallest absolute Gasteiger partial charge is 0.355 e. The minimum absolute atomic E-state index is 0.0115. The number of hydrogen-bond acceptors (Lipinski definition) is 4. The average molecular weight is 396 g/mol. The first-order valence-electron chi connectivity index (χ1n) is 5.03. The SMILES string of the molecule is O=C(O)c1csc(C(=O)Nc2c(Cl)cc(Br)cc2Cl)n1. The van der Waals surface area contributed by atoms with E-state index in [0.29, 0.717) is 4.47 Å². The summed E-state index contributed by atoms with van der Waals surface area (Å²) in [4.78, 5) is 26.4. The summed E-state index contributed by atoms with van der Waals surface area (Å²) in [5.74, 6) is -1.77. The summed E-state index contributed by atoms with van der Waals surface area (Å²) in [6, 6.07) is 3.15. The summed E-state index contributed by atoms with van der Waals surface area (Å²) >= 11 is 16.1. The van der Waals surface area contributed by atoms with Crippen LogP contribution < -0.4 is 5.32 Å². The van der Waals surface area contributed by atoms with Gasteiger partial charge in [-0.3, -0.25) is 4.79 Å². The van der Waals surface area contributed by atoms with Gasteiger partial charge < -0.3 is 10.4 Å². The fourth-order valence-electron chi connectivity index (χ4n) is 1.30. The molecule has 2 N–H and O–H groups in total. The molecule has 9 heteroatoms. The molecule has 0 saturated heterocycles. The minimum atomic E-state index is -1.19. The molecule has 1 heterocycles. The Bertz CT molecular complexity index is 682. The van der Waals surface area contributed by atoms with Crippen molar-refractivity contribution in [2.24, 2.45) is 0 Å². The zero-order valence-corrected chi connectivity index (χ0v) is 13.4. The maximum atomic E-state index is 12.0. The van der Waals surface area contributed by atoms with Crippen LogP contribution in [0.25, 0.3) is 0 Å². The summed E-state index contributed by atoms with van der Waals surface area (Å²) in [5.41, 5.74) is 0.0572. The number of rotatable bonds is 3. The maximum Gasteiger partial charge on any atom is 0.355 e. The fraction of sp³-hybridized carbons (Fsp3) is 0. The Hall–Kier alpha value is -1.15. The normalized spacial score (nSPS) is 10.3. The number of benzene rings is 1. The van der Waals surface area contributed by atoms with Gasteiger partial charge in [-0.1, -0.05) is 39.1 Å². The first kappa shape index (κ1) is 15.2. The van der Waals surface area contributed by atoms with Gasteiger partial charge >= 0.3 is 5.97 Å². The van der Waals surface area contributed by atoms with E-state index in [4.69, 9.17) is 28.3 Å². The number of hydrogen-bond donors (Lipinski definition) is 2. The summed E-state index contributed by atoms with van der Waals surface area (Å²) in [7, 11) is 0. The quantitative estimate of drug-likeness (QED) is 0.817. The highest BCUT2D eigenvalue weighted by Crippen LogP contribution is 2.34. The van der Waals surface area contributed by atoms with Gasteiger partial charge in [0.05, 0.1) is 15.7 Å². The van der Waals surface area contributed by atoms with Gasteiger partial charge in [0.15, 0.2) is 10.7 Å². The lowest BCUT2D eigenvalue weighted by atomic mass is 10.3. The molecule has 0 fully saturated rings. The first-order chi connectivity index (χ1) is 9.38. The van der Waals surface area contributed by atoms with Gasteiger partial charge in [-0.2, -0.15) is 0 Å². The lowest BCUT2D eigenvalue weighted by molar-refractivity contribution is 0.0691. The highest BCUT2D eigenvalue weighted by atomic mass is 79.9. The second-order valence-electron chi connectivity index (χ2n) is 3.54. The van der Waals surface area contributed by atoms with E-state index >= 15 is 0 Å². The predicted octanol–water partition coefficient (Wildman–Crippen LogP) is 4.16. The summed E-state index contributed by atoms with van der Waals surface area (Å²) in [6.07, 6.45) is 0. The van der Waals surface area contributed by atoms with E-state index in [1.54, 1.807) is 12.1 Å². The number of carboxylic acid groups (broad SMARTS) is 1. The summed E-state index contributed by atoms with van der Waals surface area (Å²) < 4.78 is 0.674. The first-order valence-corrected chi connectivity index (χ1v) is 7.46. The van der Waals surface area contributed by atoms with Gasteiger partial charge in [0, 0.05) is 9.85 Å². The van der Waals surface area contributed by atoms with Crippen LogP contribution in [0.5, 0.6) is 0 Å². The van der Waals surface area contributed by atoms with Crippen molar-refractivity contribution in [3.63, 3.8) is 0 Å². The molecule has 20 heavy (non-hydrogen) atoms. The molecule has 2 rings (SSSR count). The molecule has 1 aromatic carbocycles. The minimum Gasteiger partial charge on any atom is -0.476 e. The van der Waals surface area contributed by atoms with Crippen LogP contribution in [0.2, 0.25) is 10.0 Å². The van der Waals surface area contributed by atoms with Crippen LogP contribution >= 0.6 is 50.5 Å². The molecule has 0 atom stereocenters. The molecule has 5 nitrogen and oxygen atoms in total. The second-order valence-corrected chi connectivity index (χ2v) is 6.13. The lowest BCUT2D eigenvalue weighted by Gasteiger charge is -2.08. The molecule has 0 spiro atoms. The lowest BCUT2D eigenvalue weighted by Crippen LogP contribution is -2.13. The number of anilines is 1. The van der Waals surface area contributed by atoms with Crippen LogP contribution in [-0.4, -0.2) is 22.0 Å². The Kier molecular flexibility index (Phi) is 4.64. The summed E-state index contributed by atoms with van der Waals surface area (Å²) in [5, 5.41) is 13.1. The number of aromatic carboxylic acids is 1. The highest BCUT2D eigenvalue weighted by molar-refractivity contribution is 9.10. The van der Waals surface area contributed by atoms with Crippen LogP contribution in [0, 0.1) is 0 Å². The number of aromatic nitrogens is 1. The second kappa shape index (κ2) is 6.09.